The van der Waals surface area contributed by atoms with Crippen molar-refractivity contribution < 1.29 is 4.79 Å². The van der Waals surface area contributed by atoms with Crippen LogP contribution >= 0.6 is 15.9 Å². The minimum absolute atomic E-state index is 0.0298. The Bertz CT molecular complexity index is 701. The first-order valence-corrected chi connectivity index (χ1v) is 7.04. The van der Waals surface area contributed by atoms with E-state index in [0.717, 1.165) is 15.6 Å². The number of aromatic nitrogens is 2. The van der Waals surface area contributed by atoms with Gasteiger partial charge in [0.15, 0.2) is 0 Å². The van der Waals surface area contributed by atoms with Gasteiger partial charge < -0.3 is 0 Å². The molecule has 1 saturated heterocycles. The van der Waals surface area contributed by atoms with E-state index < -0.39 is 0 Å². The summed E-state index contributed by atoms with van der Waals surface area (Å²) < 4.78 is 0.961. The van der Waals surface area contributed by atoms with Crippen LogP contribution < -0.4 is 4.90 Å². The SMILES string of the molecule is C#CC1CC(=O)N(c2[nH]ncc2-c2ccccc2Br)C1. The lowest BCUT2D eigenvalue weighted by molar-refractivity contribution is -0.117. The van der Waals surface area contributed by atoms with Gasteiger partial charge in [-0.15, -0.1) is 12.3 Å². The van der Waals surface area contributed by atoms with Crippen molar-refractivity contribution in [3.05, 3.63) is 34.9 Å². The first-order chi connectivity index (χ1) is 9.70. The number of hydrogen-bond donors (Lipinski definition) is 1. The summed E-state index contributed by atoms with van der Waals surface area (Å²) in [7, 11) is 0. The van der Waals surface area contributed by atoms with Crippen molar-refractivity contribution in [2.75, 3.05) is 11.4 Å². The molecule has 2 aromatic rings. The number of amides is 1. The topological polar surface area (TPSA) is 49.0 Å². The van der Waals surface area contributed by atoms with Gasteiger partial charge in [0.05, 0.1) is 6.20 Å². The molecular weight excluding hydrogens is 318 g/mol. The van der Waals surface area contributed by atoms with Crippen LogP contribution in [0.5, 0.6) is 0 Å². The summed E-state index contributed by atoms with van der Waals surface area (Å²) in [6.45, 7) is 0.537. The van der Waals surface area contributed by atoms with Crippen molar-refractivity contribution in [1.29, 1.82) is 0 Å². The van der Waals surface area contributed by atoms with Crippen LogP contribution in [-0.4, -0.2) is 22.6 Å². The van der Waals surface area contributed by atoms with Gasteiger partial charge in [-0.05, 0) is 6.07 Å². The minimum Gasteiger partial charge on any atom is -0.295 e. The van der Waals surface area contributed by atoms with E-state index in [1.165, 1.54) is 0 Å². The number of rotatable bonds is 2. The number of halogens is 1. The lowest BCUT2D eigenvalue weighted by Gasteiger charge is -2.16. The van der Waals surface area contributed by atoms with Crippen LogP contribution in [0.15, 0.2) is 34.9 Å². The zero-order valence-electron chi connectivity index (χ0n) is 10.6. The molecular formula is C15H12BrN3O. The largest absolute Gasteiger partial charge is 0.295 e. The van der Waals surface area contributed by atoms with E-state index in [0.29, 0.717) is 18.8 Å². The number of H-pyrrole nitrogens is 1. The van der Waals surface area contributed by atoms with E-state index in [-0.39, 0.29) is 11.8 Å². The van der Waals surface area contributed by atoms with Crippen LogP contribution in [0.2, 0.25) is 0 Å². The van der Waals surface area contributed by atoms with Crippen LogP contribution in [-0.2, 0) is 4.79 Å². The van der Waals surface area contributed by atoms with Gasteiger partial charge in [0, 0.05) is 34.5 Å². The molecule has 20 heavy (non-hydrogen) atoms. The molecule has 1 amide bonds. The lowest BCUT2D eigenvalue weighted by Crippen LogP contribution is -2.25. The summed E-state index contributed by atoms with van der Waals surface area (Å²) >= 11 is 3.52. The molecule has 1 unspecified atom stereocenters. The Morgan fingerprint density at radius 2 is 2.20 bits per heavy atom. The molecule has 3 rings (SSSR count). The Kier molecular flexibility index (Phi) is 3.33. The molecule has 0 radical (unpaired) electrons. The van der Waals surface area contributed by atoms with Gasteiger partial charge >= 0.3 is 0 Å². The predicted molar refractivity (Wildman–Crippen MR) is 81.0 cm³/mol. The highest BCUT2D eigenvalue weighted by Gasteiger charge is 2.32. The fourth-order valence-corrected chi connectivity index (χ4v) is 2.90. The van der Waals surface area contributed by atoms with Crippen molar-refractivity contribution >= 4 is 27.7 Å². The number of hydrogen-bond acceptors (Lipinski definition) is 2. The van der Waals surface area contributed by atoms with Crippen molar-refractivity contribution in [2.24, 2.45) is 5.92 Å². The van der Waals surface area contributed by atoms with Crippen molar-refractivity contribution in [2.45, 2.75) is 6.42 Å². The maximum absolute atomic E-state index is 12.1. The Balaban J connectivity index is 2.02. The first kappa shape index (κ1) is 12.9. The van der Waals surface area contributed by atoms with E-state index in [4.69, 9.17) is 6.42 Å². The monoisotopic (exact) mass is 329 g/mol. The second-order valence-electron chi connectivity index (χ2n) is 4.68. The number of nitrogens with one attached hydrogen (secondary N) is 1. The normalized spacial score (nSPS) is 18.3. The van der Waals surface area contributed by atoms with Gasteiger partial charge in [0.25, 0.3) is 0 Å². The molecule has 1 aromatic carbocycles. The van der Waals surface area contributed by atoms with Crippen LogP contribution in [0.1, 0.15) is 6.42 Å². The summed E-state index contributed by atoms with van der Waals surface area (Å²) in [4.78, 5) is 13.8. The number of benzene rings is 1. The molecule has 1 fully saturated rings. The fraction of sp³-hybridized carbons (Fsp3) is 0.200. The van der Waals surface area contributed by atoms with Gasteiger partial charge in [0.2, 0.25) is 5.91 Å². The lowest BCUT2D eigenvalue weighted by atomic mass is 10.1. The Hall–Kier alpha value is -2.06. The van der Waals surface area contributed by atoms with Gasteiger partial charge in [-0.25, -0.2) is 0 Å². The molecule has 0 bridgehead atoms. The quantitative estimate of drug-likeness (QED) is 0.861. The third kappa shape index (κ3) is 2.12. The standard InChI is InChI=1S/C15H12BrN3O/c1-2-10-7-14(20)19(9-10)15-12(8-17-18-15)11-5-3-4-6-13(11)16/h1,3-6,8,10H,7,9H2,(H,17,18). The molecule has 4 nitrogen and oxygen atoms in total. The number of nitrogens with zero attached hydrogens (tertiary/aromatic N) is 2. The van der Waals surface area contributed by atoms with Crippen LogP contribution in [0.3, 0.4) is 0 Å². The zero-order chi connectivity index (χ0) is 14.1. The van der Waals surface area contributed by atoms with Crippen LogP contribution in [0.4, 0.5) is 5.82 Å². The highest BCUT2D eigenvalue weighted by atomic mass is 79.9. The number of aromatic amines is 1. The Morgan fingerprint density at radius 3 is 2.90 bits per heavy atom. The fourth-order valence-electron chi connectivity index (χ4n) is 2.40. The molecule has 0 aliphatic carbocycles. The van der Waals surface area contributed by atoms with Crippen molar-refractivity contribution in [3.63, 3.8) is 0 Å². The summed E-state index contributed by atoms with van der Waals surface area (Å²) in [6, 6.07) is 7.84. The van der Waals surface area contributed by atoms with E-state index in [1.807, 2.05) is 24.3 Å². The molecule has 0 saturated carbocycles. The highest BCUT2D eigenvalue weighted by Crippen LogP contribution is 2.36. The smallest absolute Gasteiger partial charge is 0.229 e. The van der Waals surface area contributed by atoms with Crippen molar-refractivity contribution in [3.8, 4) is 23.5 Å². The second-order valence-corrected chi connectivity index (χ2v) is 5.54. The average Bonchev–Trinajstić information content (AvgIpc) is 3.05. The molecule has 0 spiro atoms. The Labute approximate surface area is 125 Å². The molecule has 100 valence electrons. The number of anilines is 1. The van der Waals surface area contributed by atoms with Gasteiger partial charge in [-0.2, -0.15) is 5.10 Å². The van der Waals surface area contributed by atoms with Gasteiger partial charge in [-0.1, -0.05) is 34.1 Å². The first-order valence-electron chi connectivity index (χ1n) is 6.25. The maximum atomic E-state index is 12.1. The molecule has 1 aromatic heterocycles. The molecule has 1 aliphatic rings. The van der Waals surface area contributed by atoms with E-state index in [9.17, 15) is 4.79 Å². The number of carbonyl (C=O) groups excluding carboxylic acids is 1. The second kappa shape index (κ2) is 5.14. The number of terminal acetylenes is 1. The van der Waals surface area contributed by atoms with E-state index >= 15 is 0 Å². The Morgan fingerprint density at radius 1 is 1.40 bits per heavy atom. The summed E-state index contributed by atoms with van der Waals surface area (Å²) in [6.07, 6.45) is 7.54. The molecule has 1 N–H and O–H groups in total. The molecule has 5 heteroatoms. The maximum Gasteiger partial charge on any atom is 0.229 e. The molecule has 1 atom stereocenters. The van der Waals surface area contributed by atoms with E-state index in [1.54, 1.807) is 11.1 Å². The summed E-state index contributed by atoms with van der Waals surface area (Å²) in [5, 5.41) is 6.99. The number of carbonyl (C=O) groups is 1. The van der Waals surface area contributed by atoms with E-state index in [2.05, 4.69) is 32.0 Å². The zero-order valence-corrected chi connectivity index (χ0v) is 12.2. The van der Waals surface area contributed by atoms with Crippen LogP contribution in [0, 0.1) is 18.3 Å². The average molecular weight is 330 g/mol. The summed E-state index contributed by atoms with van der Waals surface area (Å²) in [5.41, 5.74) is 1.89. The van der Waals surface area contributed by atoms with Gasteiger partial charge in [0.1, 0.15) is 5.82 Å². The minimum atomic E-state index is -0.0298. The molecule has 1 aliphatic heterocycles. The molecule has 2 heterocycles. The summed E-state index contributed by atoms with van der Waals surface area (Å²) in [5.74, 6) is 3.36. The van der Waals surface area contributed by atoms with Crippen molar-refractivity contribution in [1.82, 2.24) is 10.2 Å². The van der Waals surface area contributed by atoms with Gasteiger partial charge in [-0.3, -0.25) is 14.8 Å². The third-order valence-corrected chi connectivity index (χ3v) is 4.11. The highest BCUT2D eigenvalue weighted by molar-refractivity contribution is 9.10. The third-order valence-electron chi connectivity index (χ3n) is 3.41. The van der Waals surface area contributed by atoms with Crippen LogP contribution in [0.25, 0.3) is 11.1 Å². The predicted octanol–water partition coefficient (Wildman–Crippen LogP) is 2.83.